The number of hydrogen-bond acceptors (Lipinski definition) is 9. The predicted molar refractivity (Wildman–Crippen MR) is 138 cm³/mol. The number of rotatable bonds is 10. The monoisotopic (exact) mass is 513 g/mol. The standard InChI is InChI=1S/C24H27N5O4S2/c1-17(30)34-16-22(31)19-5-9-24(26-15-19)28-35(32,33)20-6-7-21-18(14-20)4-8-23(27-21)25-10-13-29-11-2-3-12-29/h4-9,14-15H,2-3,10-13,16H2,1H3,(H,25,27)(H,26,28). The number of nitrogens with one attached hydrogen (secondary N) is 2. The van der Waals surface area contributed by atoms with Crippen LogP contribution in [0.3, 0.4) is 0 Å². The number of pyridine rings is 2. The van der Waals surface area contributed by atoms with Gasteiger partial charge in [-0.15, -0.1) is 0 Å². The van der Waals surface area contributed by atoms with E-state index in [2.05, 4.69) is 24.9 Å². The molecule has 1 aromatic carbocycles. The van der Waals surface area contributed by atoms with Crippen LogP contribution in [0.5, 0.6) is 0 Å². The number of carbonyl (C=O) groups is 2. The normalized spacial score (nSPS) is 14.2. The van der Waals surface area contributed by atoms with Gasteiger partial charge in [-0.25, -0.2) is 18.4 Å². The number of fused-ring (bicyclic) bond motifs is 1. The van der Waals surface area contributed by atoms with Crippen LogP contribution in [-0.4, -0.2) is 66.1 Å². The van der Waals surface area contributed by atoms with E-state index in [9.17, 15) is 18.0 Å². The maximum atomic E-state index is 12.9. The molecule has 0 atom stereocenters. The van der Waals surface area contributed by atoms with Crippen molar-refractivity contribution in [2.75, 3.05) is 42.0 Å². The lowest BCUT2D eigenvalue weighted by Crippen LogP contribution is -2.26. The molecular weight excluding hydrogens is 486 g/mol. The van der Waals surface area contributed by atoms with Crippen molar-refractivity contribution in [2.45, 2.75) is 24.7 Å². The predicted octanol–water partition coefficient (Wildman–Crippen LogP) is 3.40. The maximum absolute atomic E-state index is 12.9. The largest absolute Gasteiger partial charge is 0.369 e. The van der Waals surface area contributed by atoms with Crippen molar-refractivity contribution in [2.24, 2.45) is 0 Å². The summed E-state index contributed by atoms with van der Waals surface area (Å²) in [5, 5.41) is 3.89. The number of aromatic nitrogens is 2. The molecule has 0 bridgehead atoms. The molecule has 0 spiro atoms. The Hall–Kier alpha value is -3.02. The molecule has 184 valence electrons. The van der Waals surface area contributed by atoms with E-state index in [-0.39, 0.29) is 27.4 Å². The van der Waals surface area contributed by atoms with Gasteiger partial charge in [-0.2, -0.15) is 0 Å². The van der Waals surface area contributed by atoms with E-state index in [0.717, 1.165) is 43.8 Å². The van der Waals surface area contributed by atoms with Crippen molar-refractivity contribution in [1.82, 2.24) is 14.9 Å². The van der Waals surface area contributed by atoms with Crippen LogP contribution >= 0.6 is 11.8 Å². The van der Waals surface area contributed by atoms with Crippen LogP contribution in [0, 0.1) is 0 Å². The number of carbonyl (C=O) groups excluding carboxylic acids is 2. The highest BCUT2D eigenvalue weighted by Crippen LogP contribution is 2.22. The first-order valence-corrected chi connectivity index (χ1v) is 13.8. The van der Waals surface area contributed by atoms with Gasteiger partial charge >= 0.3 is 0 Å². The van der Waals surface area contributed by atoms with Crippen molar-refractivity contribution in [3.63, 3.8) is 0 Å². The summed E-state index contributed by atoms with van der Waals surface area (Å²) in [6.45, 7) is 5.47. The molecule has 11 heteroatoms. The van der Waals surface area contributed by atoms with E-state index in [0.29, 0.717) is 16.5 Å². The van der Waals surface area contributed by atoms with Gasteiger partial charge in [0.05, 0.1) is 16.2 Å². The Bertz CT molecular complexity index is 1320. The SMILES string of the molecule is CC(=O)SCC(=O)c1ccc(NS(=O)(=O)c2ccc3nc(NCCN4CCCC4)ccc3c2)nc1. The number of benzene rings is 1. The number of ketones is 1. The molecule has 0 aliphatic carbocycles. The number of Topliss-reactive ketones (excluding diaryl/α,β-unsaturated/α-hetero) is 1. The zero-order valence-electron chi connectivity index (χ0n) is 19.4. The summed E-state index contributed by atoms with van der Waals surface area (Å²) in [7, 11) is -3.89. The van der Waals surface area contributed by atoms with Crippen molar-refractivity contribution in [3.8, 4) is 0 Å². The smallest absolute Gasteiger partial charge is 0.263 e. The Balaban J connectivity index is 1.40. The zero-order chi connectivity index (χ0) is 24.8. The molecule has 2 aromatic heterocycles. The average Bonchev–Trinajstić information content (AvgIpc) is 3.36. The number of sulfonamides is 1. The van der Waals surface area contributed by atoms with Gasteiger partial charge in [0, 0.05) is 37.2 Å². The van der Waals surface area contributed by atoms with Crippen LogP contribution in [0.2, 0.25) is 0 Å². The Morgan fingerprint density at radius 2 is 1.83 bits per heavy atom. The summed E-state index contributed by atoms with van der Waals surface area (Å²) in [4.78, 5) is 34.2. The minimum Gasteiger partial charge on any atom is -0.369 e. The van der Waals surface area contributed by atoms with E-state index in [4.69, 9.17) is 0 Å². The van der Waals surface area contributed by atoms with Crippen molar-refractivity contribution < 1.29 is 18.0 Å². The lowest BCUT2D eigenvalue weighted by Gasteiger charge is -2.15. The van der Waals surface area contributed by atoms with Crippen molar-refractivity contribution >= 4 is 55.2 Å². The van der Waals surface area contributed by atoms with Crippen LogP contribution < -0.4 is 10.0 Å². The third-order valence-electron chi connectivity index (χ3n) is 5.63. The van der Waals surface area contributed by atoms with Gasteiger partial charge in [0.1, 0.15) is 11.6 Å². The van der Waals surface area contributed by atoms with Crippen LogP contribution in [0.15, 0.2) is 53.6 Å². The second-order valence-electron chi connectivity index (χ2n) is 8.27. The van der Waals surface area contributed by atoms with Crippen LogP contribution in [0.1, 0.15) is 30.1 Å². The fourth-order valence-electron chi connectivity index (χ4n) is 3.78. The second-order valence-corrected chi connectivity index (χ2v) is 11.1. The number of hydrogen-bond donors (Lipinski definition) is 2. The molecule has 1 aliphatic rings. The minimum absolute atomic E-state index is 0.0168. The van der Waals surface area contributed by atoms with E-state index in [1.165, 1.54) is 44.2 Å². The van der Waals surface area contributed by atoms with Gasteiger partial charge in [-0.1, -0.05) is 11.8 Å². The van der Waals surface area contributed by atoms with E-state index in [1.54, 1.807) is 12.1 Å². The molecular formula is C24H27N5O4S2. The first kappa shape index (κ1) is 25.1. The molecule has 3 heterocycles. The molecule has 35 heavy (non-hydrogen) atoms. The van der Waals surface area contributed by atoms with Gasteiger partial charge in [0.15, 0.2) is 10.9 Å². The third kappa shape index (κ3) is 6.77. The number of nitrogens with zero attached hydrogens (tertiary/aromatic N) is 3. The fourth-order valence-corrected chi connectivity index (χ4v) is 5.33. The zero-order valence-corrected chi connectivity index (χ0v) is 21.0. The van der Waals surface area contributed by atoms with E-state index >= 15 is 0 Å². The molecule has 1 fully saturated rings. The third-order valence-corrected chi connectivity index (χ3v) is 7.80. The fraction of sp³-hybridized carbons (Fsp3) is 0.333. The Morgan fingerprint density at radius 3 is 2.54 bits per heavy atom. The lowest BCUT2D eigenvalue weighted by atomic mass is 10.2. The molecule has 9 nitrogen and oxygen atoms in total. The molecule has 4 rings (SSSR count). The van der Waals surface area contributed by atoms with Crippen molar-refractivity contribution in [1.29, 1.82) is 0 Å². The molecule has 2 N–H and O–H groups in total. The topological polar surface area (TPSA) is 121 Å². The highest BCUT2D eigenvalue weighted by Gasteiger charge is 2.17. The summed E-state index contributed by atoms with van der Waals surface area (Å²) >= 11 is 0.918. The highest BCUT2D eigenvalue weighted by molar-refractivity contribution is 8.14. The quantitative estimate of drug-likeness (QED) is 0.393. The molecule has 1 saturated heterocycles. The summed E-state index contributed by atoms with van der Waals surface area (Å²) < 4.78 is 28.2. The maximum Gasteiger partial charge on any atom is 0.263 e. The minimum atomic E-state index is -3.89. The highest BCUT2D eigenvalue weighted by atomic mass is 32.2. The average molecular weight is 514 g/mol. The summed E-state index contributed by atoms with van der Waals surface area (Å²) in [6, 6.07) is 11.3. The first-order valence-electron chi connectivity index (χ1n) is 11.3. The second kappa shape index (κ2) is 11.1. The Morgan fingerprint density at radius 1 is 1.06 bits per heavy atom. The Labute approximate surface area is 208 Å². The van der Waals surface area contributed by atoms with E-state index in [1.807, 2.05) is 12.1 Å². The lowest BCUT2D eigenvalue weighted by molar-refractivity contribution is -0.109. The molecule has 1 aliphatic heterocycles. The van der Waals surface area contributed by atoms with Gasteiger partial charge < -0.3 is 10.2 Å². The van der Waals surface area contributed by atoms with Crippen LogP contribution in [0.4, 0.5) is 11.6 Å². The number of likely N-dealkylation sites (tertiary alicyclic amines) is 1. The molecule has 0 radical (unpaired) electrons. The number of thioether (sulfide) groups is 1. The first-order chi connectivity index (χ1) is 16.8. The molecule has 3 aromatic rings. The van der Waals surface area contributed by atoms with Crippen molar-refractivity contribution in [3.05, 3.63) is 54.2 Å². The van der Waals surface area contributed by atoms with Gasteiger partial charge in [0.2, 0.25) is 0 Å². The summed E-state index contributed by atoms with van der Waals surface area (Å²) in [5.74, 6) is 0.615. The molecule has 0 unspecified atom stereocenters. The van der Waals surface area contributed by atoms with Gasteiger partial charge in [-0.3, -0.25) is 14.3 Å². The van der Waals surface area contributed by atoms with Crippen LogP contribution in [0.25, 0.3) is 10.9 Å². The molecule has 0 saturated carbocycles. The summed E-state index contributed by atoms with van der Waals surface area (Å²) in [5.41, 5.74) is 1.00. The van der Waals surface area contributed by atoms with Gasteiger partial charge in [-0.05, 0) is 68.4 Å². The van der Waals surface area contributed by atoms with E-state index < -0.39 is 10.0 Å². The summed E-state index contributed by atoms with van der Waals surface area (Å²) in [6.07, 6.45) is 3.82. The number of anilines is 2. The van der Waals surface area contributed by atoms with Crippen LogP contribution in [-0.2, 0) is 14.8 Å². The van der Waals surface area contributed by atoms with Gasteiger partial charge in [0.25, 0.3) is 10.0 Å². The molecule has 0 amide bonds. The Kier molecular flexibility index (Phi) is 7.99.